The van der Waals surface area contributed by atoms with E-state index in [9.17, 15) is 21.6 Å². The van der Waals surface area contributed by atoms with Crippen LogP contribution in [-0.2, 0) is 10.0 Å². The van der Waals surface area contributed by atoms with Crippen molar-refractivity contribution in [2.75, 3.05) is 39.3 Å². The molecule has 2 fully saturated rings. The summed E-state index contributed by atoms with van der Waals surface area (Å²) in [6, 6.07) is 0. The molecule has 6 nitrogen and oxygen atoms in total. The quantitative estimate of drug-likeness (QED) is 0.348. The Morgan fingerprint density at radius 1 is 1.22 bits per heavy atom. The van der Waals surface area contributed by atoms with Crippen LogP contribution in [0.25, 0.3) is 0 Å². The van der Waals surface area contributed by atoms with Gasteiger partial charge in [-0.3, -0.25) is 4.99 Å². The molecule has 2 saturated heterocycles. The molecule has 27 heavy (non-hydrogen) atoms. The third-order valence-electron chi connectivity index (χ3n) is 5.02. The lowest BCUT2D eigenvalue weighted by molar-refractivity contribution is -0.0496. The largest absolute Gasteiger partial charge is 0.511 e. The summed E-state index contributed by atoms with van der Waals surface area (Å²) in [4.78, 5) is 6.88. The predicted molar refractivity (Wildman–Crippen MR) is 111 cm³/mol. The van der Waals surface area contributed by atoms with Crippen molar-refractivity contribution >= 4 is 40.0 Å². The molecule has 0 saturated carbocycles. The number of likely N-dealkylation sites (tertiary alicyclic amines) is 1. The van der Waals surface area contributed by atoms with Gasteiger partial charge in [0.15, 0.2) is 5.96 Å². The van der Waals surface area contributed by atoms with Crippen molar-refractivity contribution < 1.29 is 21.6 Å². The summed E-state index contributed by atoms with van der Waals surface area (Å²) in [5.41, 5.74) is -4.98. The molecule has 0 unspecified atom stereocenters. The molecule has 0 aromatic rings. The normalized spacial score (nSPS) is 22.6. The fourth-order valence-corrected chi connectivity index (χ4v) is 4.40. The highest BCUT2D eigenvalue weighted by Crippen LogP contribution is 2.31. The van der Waals surface area contributed by atoms with Gasteiger partial charge in [-0.2, -0.15) is 17.5 Å². The van der Waals surface area contributed by atoms with Crippen molar-refractivity contribution in [3.63, 3.8) is 0 Å². The van der Waals surface area contributed by atoms with E-state index in [0.717, 1.165) is 32.0 Å². The summed E-state index contributed by atoms with van der Waals surface area (Å²) in [5, 5.41) is 3.28. The monoisotopic (exact) mass is 526 g/mol. The zero-order chi connectivity index (χ0) is 19.6. The molecule has 0 spiro atoms. The third kappa shape index (κ3) is 6.34. The van der Waals surface area contributed by atoms with Crippen LogP contribution < -0.4 is 5.32 Å². The van der Waals surface area contributed by atoms with Crippen molar-refractivity contribution in [3.8, 4) is 0 Å². The van der Waals surface area contributed by atoms with Crippen LogP contribution in [-0.4, -0.2) is 68.4 Å². The molecule has 0 amide bonds. The Hall–Kier alpha value is -0.300. The van der Waals surface area contributed by atoms with Gasteiger partial charge in [0.2, 0.25) is 0 Å². The summed E-state index contributed by atoms with van der Waals surface area (Å²) >= 11 is 0. The van der Waals surface area contributed by atoms with Crippen molar-refractivity contribution in [3.05, 3.63) is 0 Å². The van der Waals surface area contributed by atoms with Crippen LogP contribution in [0.2, 0.25) is 0 Å². The van der Waals surface area contributed by atoms with Crippen molar-refractivity contribution in [2.24, 2.45) is 16.3 Å². The van der Waals surface area contributed by atoms with E-state index in [2.05, 4.69) is 29.1 Å². The van der Waals surface area contributed by atoms with Gasteiger partial charge in [0.05, 0.1) is 0 Å². The van der Waals surface area contributed by atoms with Crippen LogP contribution in [0.1, 0.15) is 40.0 Å². The number of hydrogen-bond donors (Lipinski definition) is 1. The van der Waals surface area contributed by atoms with E-state index in [-0.39, 0.29) is 48.4 Å². The minimum atomic E-state index is -5.22. The maximum atomic E-state index is 12.6. The van der Waals surface area contributed by atoms with Gasteiger partial charge in [-0.15, -0.1) is 24.0 Å². The van der Waals surface area contributed by atoms with E-state index >= 15 is 0 Å². The predicted octanol–water partition coefficient (Wildman–Crippen LogP) is 2.86. The second-order valence-electron chi connectivity index (χ2n) is 7.82. The second kappa shape index (κ2) is 9.47. The first kappa shape index (κ1) is 24.7. The number of alkyl halides is 3. The number of sulfonamides is 1. The minimum Gasteiger partial charge on any atom is -0.357 e. The lowest BCUT2D eigenvalue weighted by atomic mass is 9.93. The van der Waals surface area contributed by atoms with Crippen LogP contribution in [0.5, 0.6) is 0 Å². The standard InChI is InChI=1S/C16H29F3N4O2S.HI/c1-4-20-14(22-10-7-15(2,3)12-22)21-11-13-5-8-23(9-6-13)26(24,25)16(17,18)19;/h13H,4-12H2,1-3H3,(H,20,21);1H. The van der Waals surface area contributed by atoms with Gasteiger partial charge in [-0.05, 0) is 37.5 Å². The Labute approximate surface area is 177 Å². The van der Waals surface area contributed by atoms with Crippen molar-refractivity contribution in [2.45, 2.75) is 45.5 Å². The van der Waals surface area contributed by atoms with E-state index in [1.165, 1.54) is 0 Å². The number of hydrogen-bond acceptors (Lipinski definition) is 3. The van der Waals surface area contributed by atoms with E-state index in [0.29, 0.717) is 23.7 Å². The number of nitrogens with one attached hydrogen (secondary N) is 1. The molecular formula is C16H30F3IN4O2S. The summed E-state index contributed by atoms with van der Waals surface area (Å²) in [6.45, 7) is 9.32. The Morgan fingerprint density at radius 3 is 2.26 bits per heavy atom. The molecule has 0 atom stereocenters. The van der Waals surface area contributed by atoms with Crippen molar-refractivity contribution in [1.82, 2.24) is 14.5 Å². The van der Waals surface area contributed by atoms with Gasteiger partial charge in [0.1, 0.15) is 0 Å². The molecule has 160 valence electrons. The van der Waals surface area contributed by atoms with Gasteiger partial charge < -0.3 is 10.2 Å². The average molecular weight is 526 g/mol. The minimum absolute atomic E-state index is 0. The van der Waals surface area contributed by atoms with Gasteiger partial charge in [0, 0.05) is 39.3 Å². The molecule has 1 N–H and O–H groups in total. The summed E-state index contributed by atoms with van der Waals surface area (Å²) in [6.07, 6.45) is 1.87. The van der Waals surface area contributed by atoms with Crippen LogP contribution in [0.4, 0.5) is 13.2 Å². The molecule has 0 radical (unpaired) electrons. The van der Waals surface area contributed by atoms with Crippen LogP contribution in [0, 0.1) is 11.3 Å². The molecule has 2 rings (SSSR count). The number of guanidine groups is 1. The summed E-state index contributed by atoms with van der Waals surface area (Å²) in [5.74, 6) is 0.933. The van der Waals surface area contributed by atoms with Crippen LogP contribution in [0.15, 0.2) is 4.99 Å². The highest BCUT2D eigenvalue weighted by atomic mass is 127. The number of halogens is 4. The third-order valence-corrected chi connectivity index (χ3v) is 6.65. The first-order valence-electron chi connectivity index (χ1n) is 9.06. The zero-order valence-electron chi connectivity index (χ0n) is 16.0. The summed E-state index contributed by atoms with van der Waals surface area (Å²) < 4.78 is 61.3. The fourth-order valence-electron chi connectivity index (χ4n) is 3.41. The SMILES string of the molecule is CCNC(=NCC1CCN(S(=O)(=O)C(F)(F)F)CC1)N1CCC(C)(C)C1.I. The van der Waals surface area contributed by atoms with Gasteiger partial charge in [-0.1, -0.05) is 13.8 Å². The van der Waals surface area contributed by atoms with Crippen LogP contribution >= 0.6 is 24.0 Å². The van der Waals surface area contributed by atoms with Gasteiger partial charge in [-0.25, -0.2) is 8.42 Å². The maximum Gasteiger partial charge on any atom is 0.511 e. The molecule has 0 bridgehead atoms. The van der Waals surface area contributed by atoms with Crippen molar-refractivity contribution in [1.29, 1.82) is 0 Å². The molecule has 2 aliphatic heterocycles. The first-order chi connectivity index (χ1) is 12.0. The Kier molecular flexibility index (Phi) is 8.67. The van der Waals surface area contributed by atoms with Crippen LogP contribution in [0.3, 0.4) is 0 Å². The number of nitrogens with zero attached hydrogens (tertiary/aromatic N) is 3. The van der Waals surface area contributed by atoms with E-state index in [1.807, 2.05) is 6.92 Å². The smallest absolute Gasteiger partial charge is 0.357 e. The molecule has 0 aromatic carbocycles. The lowest BCUT2D eigenvalue weighted by Gasteiger charge is -2.31. The topological polar surface area (TPSA) is 65.0 Å². The Morgan fingerprint density at radius 2 is 1.81 bits per heavy atom. The highest BCUT2D eigenvalue weighted by molar-refractivity contribution is 14.0. The van der Waals surface area contributed by atoms with E-state index in [4.69, 9.17) is 0 Å². The second-order valence-corrected chi connectivity index (χ2v) is 9.75. The molecule has 0 aromatic heterocycles. The molecule has 0 aliphatic carbocycles. The average Bonchev–Trinajstić information content (AvgIpc) is 2.90. The van der Waals surface area contributed by atoms with E-state index in [1.54, 1.807) is 0 Å². The number of piperidine rings is 1. The molecule has 2 heterocycles. The lowest BCUT2D eigenvalue weighted by Crippen LogP contribution is -2.45. The van der Waals surface area contributed by atoms with Gasteiger partial charge in [0.25, 0.3) is 0 Å². The van der Waals surface area contributed by atoms with E-state index < -0.39 is 15.5 Å². The first-order valence-corrected chi connectivity index (χ1v) is 10.5. The molecule has 11 heteroatoms. The Balaban J connectivity index is 0.00000364. The fraction of sp³-hybridized carbons (Fsp3) is 0.938. The van der Waals surface area contributed by atoms with Gasteiger partial charge >= 0.3 is 15.5 Å². The molecule has 2 aliphatic rings. The number of aliphatic imine (C=N–C) groups is 1. The zero-order valence-corrected chi connectivity index (χ0v) is 19.2. The maximum absolute atomic E-state index is 12.6. The molecular weight excluding hydrogens is 496 g/mol. The Bertz CT molecular complexity index is 618. The highest BCUT2D eigenvalue weighted by Gasteiger charge is 2.50. The summed E-state index contributed by atoms with van der Waals surface area (Å²) in [7, 11) is -5.21. The number of rotatable bonds is 4.